The molecule has 1 aromatic carbocycles. The number of nitrogen functional groups attached to an aromatic ring is 1. The minimum atomic E-state index is -0.109. The molecular weight excluding hydrogens is 328 g/mol. The largest absolute Gasteiger partial charge is 0.393 e. The van der Waals surface area contributed by atoms with Gasteiger partial charge in [-0.1, -0.05) is 6.07 Å². The van der Waals surface area contributed by atoms with Crippen molar-refractivity contribution in [3.8, 4) is 11.3 Å². The predicted octanol–water partition coefficient (Wildman–Crippen LogP) is 2.56. The summed E-state index contributed by atoms with van der Waals surface area (Å²) in [5.74, 6) is 2.32. The minimum absolute atomic E-state index is 0.109. The summed E-state index contributed by atoms with van der Waals surface area (Å²) in [6.07, 6.45) is 5.65. The summed E-state index contributed by atoms with van der Waals surface area (Å²) in [4.78, 5) is 8.86. The first-order valence-electron chi connectivity index (χ1n) is 9.17. The number of H-pyrrole nitrogens is 1. The van der Waals surface area contributed by atoms with Gasteiger partial charge >= 0.3 is 0 Å². The number of aromatic nitrogens is 4. The highest BCUT2D eigenvalue weighted by Gasteiger charge is 2.41. The molecule has 134 valence electrons. The van der Waals surface area contributed by atoms with Crippen molar-refractivity contribution in [1.29, 1.82) is 0 Å². The third-order valence-corrected chi connectivity index (χ3v) is 5.86. The lowest BCUT2D eigenvalue weighted by atomic mass is 10.0. The van der Waals surface area contributed by atoms with Crippen LogP contribution in [0.2, 0.25) is 0 Å². The van der Waals surface area contributed by atoms with Gasteiger partial charge in [-0.2, -0.15) is 10.1 Å². The van der Waals surface area contributed by atoms with Crippen LogP contribution < -0.4 is 11.1 Å². The van der Waals surface area contributed by atoms with Crippen molar-refractivity contribution < 1.29 is 5.11 Å². The molecule has 2 saturated carbocycles. The van der Waals surface area contributed by atoms with E-state index >= 15 is 0 Å². The van der Waals surface area contributed by atoms with Crippen LogP contribution in [0, 0.1) is 11.8 Å². The van der Waals surface area contributed by atoms with Crippen LogP contribution in [-0.2, 0) is 0 Å². The number of hydrogen-bond donors (Lipinski definition) is 4. The van der Waals surface area contributed by atoms with Crippen LogP contribution in [0.5, 0.6) is 0 Å². The Morgan fingerprint density at radius 3 is 2.62 bits per heavy atom. The summed E-state index contributed by atoms with van der Waals surface area (Å²) < 4.78 is 0. The van der Waals surface area contributed by atoms with Crippen molar-refractivity contribution in [2.24, 2.45) is 11.8 Å². The highest BCUT2D eigenvalue weighted by Crippen LogP contribution is 2.45. The van der Waals surface area contributed by atoms with Crippen LogP contribution in [-0.4, -0.2) is 37.4 Å². The maximum atomic E-state index is 9.83. The van der Waals surface area contributed by atoms with E-state index in [-0.39, 0.29) is 12.1 Å². The second-order valence-electron chi connectivity index (χ2n) is 7.59. The van der Waals surface area contributed by atoms with Gasteiger partial charge in [-0.25, -0.2) is 4.98 Å². The fourth-order valence-electron chi connectivity index (χ4n) is 4.74. The fourth-order valence-corrected chi connectivity index (χ4v) is 4.74. The Bertz CT molecular complexity index is 927. The molecule has 2 aliphatic rings. The van der Waals surface area contributed by atoms with Gasteiger partial charge in [0, 0.05) is 23.2 Å². The van der Waals surface area contributed by atoms with Crippen LogP contribution in [0.3, 0.4) is 0 Å². The van der Waals surface area contributed by atoms with E-state index in [0.29, 0.717) is 17.9 Å². The van der Waals surface area contributed by atoms with Crippen LogP contribution in [0.25, 0.3) is 22.2 Å². The van der Waals surface area contributed by atoms with E-state index in [1.54, 1.807) is 6.20 Å². The summed E-state index contributed by atoms with van der Waals surface area (Å²) in [6.45, 7) is 0. The smallest absolute Gasteiger partial charge is 0.222 e. The molecule has 2 fully saturated rings. The molecule has 0 aliphatic heterocycles. The van der Waals surface area contributed by atoms with Crippen molar-refractivity contribution in [2.75, 3.05) is 11.1 Å². The molecule has 0 amide bonds. The molecule has 2 aliphatic carbocycles. The number of aromatic amines is 1. The van der Waals surface area contributed by atoms with Gasteiger partial charge in [-0.15, -0.1) is 0 Å². The lowest BCUT2D eigenvalue weighted by Gasteiger charge is -2.17. The first-order valence-corrected chi connectivity index (χ1v) is 9.17. The molecule has 5 N–H and O–H groups in total. The number of fused-ring (bicyclic) bond motifs is 2. The van der Waals surface area contributed by atoms with Crippen molar-refractivity contribution in [1.82, 2.24) is 20.2 Å². The third-order valence-electron chi connectivity index (χ3n) is 5.86. The third kappa shape index (κ3) is 2.68. The van der Waals surface area contributed by atoms with E-state index in [0.717, 1.165) is 53.7 Å². The summed E-state index contributed by atoms with van der Waals surface area (Å²) in [6, 6.07) is 8.39. The van der Waals surface area contributed by atoms with Gasteiger partial charge in [-0.3, -0.25) is 5.10 Å². The fraction of sp³-hybridized carbons (Fsp3) is 0.421. The first kappa shape index (κ1) is 15.6. The average molecular weight is 350 g/mol. The van der Waals surface area contributed by atoms with Gasteiger partial charge in [0.1, 0.15) is 5.82 Å². The molecule has 2 unspecified atom stereocenters. The number of nitrogens with zero attached hydrogens (tertiary/aromatic N) is 3. The number of nitrogens with two attached hydrogens (primary N) is 1. The number of benzene rings is 1. The summed E-state index contributed by atoms with van der Waals surface area (Å²) in [7, 11) is 0. The van der Waals surface area contributed by atoms with Crippen LogP contribution in [0.15, 0.2) is 30.5 Å². The average Bonchev–Trinajstić information content (AvgIpc) is 3.30. The topological polar surface area (TPSA) is 113 Å². The molecule has 7 nitrogen and oxygen atoms in total. The quantitative estimate of drug-likeness (QED) is 0.577. The molecule has 26 heavy (non-hydrogen) atoms. The summed E-state index contributed by atoms with van der Waals surface area (Å²) in [5.41, 5.74) is 8.74. The number of aliphatic hydroxyl groups excluding tert-OH is 1. The van der Waals surface area contributed by atoms with Crippen molar-refractivity contribution in [3.05, 3.63) is 30.5 Å². The Labute approximate surface area is 151 Å². The van der Waals surface area contributed by atoms with Crippen LogP contribution in [0.4, 0.5) is 11.8 Å². The standard InChI is InChI=1S/C19H22N6O/c20-19-23-17-9-10(16-3-4-21-25-16)1-2-15(17)18(24-19)22-13-5-11-7-14(26)8-12(11)6-13/h1-4,9,11-14,26H,5-8H2,(H,21,25)(H3,20,22,23,24)/t11-,12+,13?,14?. The van der Waals surface area contributed by atoms with E-state index in [1.165, 1.54) is 0 Å². The second kappa shape index (κ2) is 5.95. The lowest BCUT2D eigenvalue weighted by molar-refractivity contribution is 0.171. The molecule has 2 aromatic heterocycles. The molecule has 7 heteroatoms. The zero-order valence-electron chi connectivity index (χ0n) is 14.4. The Morgan fingerprint density at radius 2 is 1.88 bits per heavy atom. The number of hydrogen-bond acceptors (Lipinski definition) is 6. The van der Waals surface area contributed by atoms with Crippen LogP contribution >= 0.6 is 0 Å². The van der Waals surface area contributed by atoms with E-state index in [2.05, 4.69) is 25.5 Å². The molecular formula is C19H22N6O. The first-order chi connectivity index (χ1) is 12.7. The molecule has 0 saturated heterocycles. The number of anilines is 2. The monoisotopic (exact) mass is 350 g/mol. The van der Waals surface area contributed by atoms with Gasteiger partial charge in [-0.05, 0) is 55.7 Å². The van der Waals surface area contributed by atoms with E-state index < -0.39 is 0 Å². The number of rotatable bonds is 3. The van der Waals surface area contributed by atoms with Gasteiger partial charge in [0.05, 0.1) is 17.3 Å². The molecule has 4 atom stereocenters. The van der Waals surface area contributed by atoms with Crippen molar-refractivity contribution in [3.63, 3.8) is 0 Å². The molecule has 0 bridgehead atoms. The Hall–Kier alpha value is -2.67. The summed E-state index contributed by atoms with van der Waals surface area (Å²) >= 11 is 0. The minimum Gasteiger partial charge on any atom is -0.393 e. The highest BCUT2D eigenvalue weighted by molar-refractivity contribution is 5.92. The van der Waals surface area contributed by atoms with Crippen molar-refractivity contribution >= 4 is 22.7 Å². The Morgan fingerprint density at radius 1 is 1.08 bits per heavy atom. The molecule has 2 heterocycles. The summed E-state index contributed by atoms with van der Waals surface area (Å²) in [5, 5.41) is 21.4. The van der Waals surface area contributed by atoms with Crippen LogP contribution in [0.1, 0.15) is 25.7 Å². The Balaban J connectivity index is 1.44. The van der Waals surface area contributed by atoms with Gasteiger partial charge in [0.15, 0.2) is 0 Å². The van der Waals surface area contributed by atoms with E-state index in [1.807, 2.05) is 24.3 Å². The highest BCUT2D eigenvalue weighted by atomic mass is 16.3. The zero-order chi connectivity index (χ0) is 17.7. The maximum absolute atomic E-state index is 9.83. The van der Waals surface area contributed by atoms with Crippen molar-refractivity contribution in [2.45, 2.75) is 37.8 Å². The SMILES string of the molecule is Nc1nc(NC2C[C@H]3CC(O)C[C@H]3C2)c2ccc(-c3ccn[nH]3)cc2n1. The Kier molecular flexibility index (Phi) is 3.56. The predicted molar refractivity (Wildman–Crippen MR) is 100 cm³/mol. The van der Waals surface area contributed by atoms with Gasteiger partial charge < -0.3 is 16.2 Å². The van der Waals surface area contributed by atoms with E-state index in [9.17, 15) is 5.11 Å². The normalized spacial score (nSPS) is 27.7. The zero-order valence-corrected chi connectivity index (χ0v) is 14.4. The molecule has 3 aromatic rings. The number of aliphatic hydroxyl groups is 1. The molecule has 5 rings (SSSR count). The van der Waals surface area contributed by atoms with Gasteiger partial charge in [0.2, 0.25) is 5.95 Å². The lowest BCUT2D eigenvalue weighted by Crippen LogP contribution is -2.19. The number of nitrogens with one attached hydrogen (secondary N) is 2. The molecule has 0 spiro atoms. The maximum Gasteiger partial charge on any atom is 0.222 e. The molecule has 0 radical (unpaired) electrons. The second-order valence-corrected chi connectivity index (χ2v) is 7.59. The van der Waals surface area contributed by atoms with E-state index in [4.69, 9.17) is 5.73 Å². The van der Waals surface area contributed by atoms with Gasteiger partial charge in [0.25, 0.3) is 0 Å².